The molecular formula is C12H19NO. The molecule has 0 aliphatic carbocycles. The van der Waals surface area contributed by atoms with E-state index in [2.05, 4.69) is 37.4 Å². The van der Waals surface area contributed by atoms with Crippen molar-refractivity contribution < 1.29 is 5.11 Å². The van der Waals surface area contributed by atoms with Crippen LogP contribution in [-0.4, -0.2) is 24.8 Å². The van der Waals surface area contributed by atoms with Gasteiger partial charge in [-0.2, -0.15) is 0 Å². The summed E-state index contributed by atoms with van der Waals surface area (Å²) in [5, 5.41) is 12.6. The second-order valence-electron chi connectivity index (χ2n) is 3.83. The summed E-state index contributed by atoms with van der Waals surface area (Å²) in [7, 11) is 1.85. The third-order valence-corrected chi connectivity index (χ3v) is 2.48. The molecule has 2 heteroatoms. The molecular weight excluding hydrogens is 174 g/mol. The number of hydrogen-bond donors (Lipinski definition) is 2. The smallest absolute Gasteiger partial charge is 0.0704 e. The minimum Gasteiger partial charge on any atom is -0.391 e. The number of rotatable bonds is 4. The molecule has 0 bridgehead atoms. The van der Waals surface area contributed by atoms with E-state index < -0.39 is 0 Å². The lowest BCUT2D eigenvalue weighted by Gasteiger charge is -2.11. The van der Waals surface area contributed by atoms with Crippen molar-refractivity contribution in [3.05, 3.63) is 34.9 Å². The van der Waals surface area contributed by atoms with Crippen LogP contribution in [0.3, 0.4) is 0 Å². The molecule has 1 atom stereocenters. The van der Waals surface area contributed by atoms with Gasteiger partial charge < -0.3 is 10.4 Å². The number of nitrogens with one attached hydrogen (secondary N) is 1. The highest BCUT2D eigenvalue weighted by atomic mass is 16.3. The Morgan fingerprint density at radius 2 is 2.00 bits per heavy atom. The summed E-state index contributed by atoms with van der Waals surface area (Å²) in [6, 6.07) is 6.34. The maximum Gasteiger partial charge on any atom is 0.0704 e. The Kier molecular flexibility index (Phi) is 4.11. The zero-order chi connectivity index (χ0) is 10.6. The standard InChI is InChI=1S/C12H19NO/c1-9-4-5-11(6-10(9)2)7-12(14)8-13-3/h4-6,12-14H,7-8H2,1-3H3. The monoisotopic (exact) mass is 193 g/mol. The fourth-order valence-corrected chi connectivity index (χ4v) is 1.51. The van der Waals surface area contributed by atoms with Gasteiger partial charge in [0.05, 0.1) is 6.10 Å². The maximum atomic E-state index is 9.60. The SMILES string of the molecule is CNCC(O)Cc1ccc(C)c(C)c1. The van der Waals surface area contributed by atoms with Crippen LogP contribution in [0.1, 0.15) is 16.7 Å². The molecule has 2 nitrogen and oxygen atoms in total. The molecule has 0 saturated carbocycles. The van der Waals surface area contributed by atoms with Crippen LogP contribution in [0.5, 0.6) is 0 Å². The maximum absolute atomic E-state index is 9.60. The van der Waals surface area contributed by atoms with Gasteiger partial charge in [0, 0.05) is 6.54 Å². The van der Waals surface area contributed by atoms with Crippen molar-refractivity contribution >= 4 is 0 Å². The number of aliphatic hydroxyl groups excluding tert-OH is 1. The van der Waals surface area contributed by atoms with Gasteiger partial charge in [-0.15, -0.1) is 0 Å². The summed E-state index contributed by atoms with van der Waals surface area (Å²) in [6.07, 6.45) is 0.434. The molecule has 1 aromatic rings. The molecule has 0 heterocycles. The first kappa shape index (κ1) is 11.2. The fraction of sp³-hybridized carbons (Fsp3) is 0.500. The minimum absolute atomic E-state index is 0.290. The molecule has 0 aliphatic rings. The van der Waals surface area contributed by atoms with E-state index in [1.54, 1.807) is 0 Å². The van der Waals surface area contributed by atoms with Gasteiger partial charge in [-0.1, -0.05) is 18.2 Å². The lowest BCUT2D eigenvalue weighted by atomic mass is 10.0. The van der Waals surface area contributed by atoms with Crippen LogP contribution in [0.15, 0.2) is 18.2 Å². The van der Waals surface area contributed by atoms with Gasteiger partial charge in [0.15, 0.2) is 0 Å². The van der Waals surface area contributed by atoms with Crippen LogP contribution in [0.2, 0.25) is 0 Å². The van der Waals surface area contributed by atoms with E-state index >= 15 is 0 Å². The average molecular weight is 193 g/mol. The molecule has 0 aliphatic heterocycles. The van der Waals surface area contributed by atoms with Crippen molar-refractivity contribution in [2.75, 3.05) is 13.6 Å². The lowest BCUT2D eigenvalue weighted by molar-refractivity contribution is 0.175. The van der Waals surface area contributed by atoms with Gasteiger partial charge in [0.2, 0.25) is 0 Å². The number of hydrogen-bond acceptors (Lipinski definition) is 2. The minimum atomic E-state index is -0.290. The Morgan fingerprint density at radius 1 is 1.29 bits per heavy atom. The Bertz CT molecular complexity index is 296. The zero-order valence-corrected chi connectivity index (χ0v) is 9.17. The van der Waals surface area contributed by atoms with Crippen molar-refractivity contribution in [2.45, 2.75) is 26.4 Å². The van der Waals surface area contributed by atoms with Crippen LogP contribution >= 0.6 is 0 Å². The van der Waals surface area contributed by atoms with Crippen molar-refractivity contribution in [3.63, 3.8) is 0 Å². The Hall–Kier alpha value is -0.860. The highest BCUT2D eigenvalue weighted by Crippen LogP contribution is 2.11. The van der Waals surface area contributed by atoms with E-state index in [1.807, 2.05) is 7.05 Å². The van der Waals surface area contributed by atoms with Crippen molar-refractivity contribution in [1.82, 2.24) is 5.32 Å². The summed E-state index contributed by atoms with van der Waals surface area (Å²) in [6.45, 7) is 4.85. The second kappa shape index (κ2) is 5.13. The predicted molar refractivity (Wildman–Crippen MR) is 59.6 cm³/mol. The molecule has 0 aromatic heterocycles. The first-order chi connectivity index (χ1) is 6.63. The van der Waals surface area contributed by atoms with E-state index in [1.165, 1.54) is 16.7 Å². The average Bonchev–Trinajstić information content (AvgIpc) is 2.12. The topological polar surface area (TPSA) is 32.3 Å². The van der Waals surface area contributed by atoms with Crippen LogP contribution in [0, 0.1) is 13.8 Å². The highest BCUT2D eigenvalue weighted by molar-refractivity contribution is 5.30. The Balaban J connectivity index is 2.63. The van der Waals surface area contributed by atoms with Gasteiger partial charge >= 0.3 is 0 Å². The third kappa shape index (κ3) is 3.13. The van der Waals surface area contributed by atoms with Gasteiger partial charge in [-0.05, 0) is 44.0 Å². The van der Waals surface area contributed by atoms with Gasteiger partial charge in [0.1, 0.15) is 0 Å². The fourth-order valence-electron chi connectivity index (χ4n) is 1.51. The molecule has 0 radical (unpaired) electrons. The quantitative estimate of drug-likeness (QED) is 0.758. The van der Waals surface area contributed by atoms with Gasteiger partial charge in [0.25, 0.3) is 0 Å². The van der Waals surface area contributed by atoms with Crippen LogP contribution in [0.25, 0.3) is 0 Å². The van der Waals surface area contributed by atoms with Gasteiger partial charge in [-0.3, -0.25) is 0 Å². The lowest BCUT2D eigenvalue weighted by Crippen LogP contribution is -2.25. The summed E-state index contributed by atoms with van der Waals surface area (Å²) in [5.74, 6) is 0. The van der Waals surface area contributed by atoms with E-state index in [9.17, 15) is 5.11 Å². The molecule has 2 N–H and O–H groups in total. The summed E-state index contributed by atoms with van der Waals surface area (Å²) < 4.78 is 0. The van der Waals surface area contributed by atoms with E-state index in [0.29, 0.717) is 6.54 Å². The molecule has 78 valence electrons. The van der Waals surface area contributed by atoms with E-state index in [0.717, 1.165) is 6.42 Å². The molecule has 14 heavy (non-hydrogen) atoms. The largest absolute Gasteiger partial charge is 0.391 e. The Morgan fingerprint density at radius 3 is 2.57 bits per heavy atom. The normalized spacial score (nSPS) is 12.9. The molecule has 0 amide bonds. The molecule has 0 saturated heterocycles. The molecule has 1 unspecified atom stereocenters. The molecule has 0 spiro atoms. The van der Waals surface area contributed by atoms with Crippen LogP contribution in [0.4, 0.5) is 0 Å². The summed E-state index contributed by atoms with van der Waals surface area (Å²) >= 11 is 0. The van der Waals surface area contributed by atoms with E-state index in [4.69, 9.17) is 0 Å². The second-order valence-corrected chi connectivity index (χ2v) is 3.83. The van der Waals surface area contributed by atoms with Crippen molar-refractivity contribution in [2.24, 2.45) is 0 Å². The zero-order valence-electron chi connectivity index (χ0n) is 9.17. The predicted octanol–water partition coefficient (Wildman–Crippen LogP) is 1.43. The first-order valence-electron chi connectivity index (χ1n) is 5.02. The van der Waals surface area contributed by atoms with Crippen molar-refractivity contribution in [3.8, 4) is 0 Å². The summed E-state index contributed by atoms with van der Waals surface area (Å²) in [5.41, 5.74) is 3.80. The third-order valence-electron chi connectivity index (χ3n) is 2.48. The van der Waals surface area contributed by atoms with Crippen molar-refractivity contribution in [1.29, 1.82) is 0 Å². The van der Waals surface area contributed by atoms with Crippen LogP contribution in [-0.2, 0) is 6.42 Å². The van der Waals surface area contributed by atoms with Gasteiger partial charge in [-0.25, -0.2) is 0 Å². The van der Waals surface area contributed by atoms with E-state index in [-0.39, 0.29) is 6.10 Å². The van der Waals surface area contributed by atoms with Crippen LogP contribution < -0.4 is 5.32 Å². The number of likely N-dealkylation sites (N-methyl/N-ethyl adjacent to an activating group) is 1. The molecule has 1 aromatic carbocycles. The first-order valence-corrected chi connectivity index (χ1v) is 5.02. The summed E-state index contributed by atoms with van der Waals surface area (Å²) in [4.78, 5) is 0. The number of aryl methyl sites for hydroxylation is 2. The Labute approximate surface area is 86.0 Å². The number of benzene rings is 1. The molecule has 1 rings (SSSR count). The molecule has 0 fully saturated rings. The highest BCUT2D eigenvalue weighted by Gasteiger charge is 2.04. The number of aliphatic hydroxyl groups is 1.